The minimum absolute atomic E-state index is 0.0942. The van der Waals surface area contributed by atoms with Crippen LogP contribution in [0.4, 0.5) is 5.69 Å². The second kappa shape index (κ2) is 9.44. The van der Waals surface area contributed by atoms with Gasteiger partial charge in [0.2, 0.25) is 0 Å². The summed E-state index contributed by atoms with van der Waals surface area (Å²) in [6.07, 6.45) is 2.85. The van der Waals surface area contributed by atoms with Gasteiger partial charge in [0.15, 0.2) is 0 Å². The number of hydrogen-bond donors (Lipinski definition) is 2. The Hall–Kier alpha value is -3.32. The lowest BCUT2D eigenvalue weighted by atomic mass is 9.87. The van der Waals surface area contributed by atoms with E-state index < -0.39 is 10.0 Å². The molecule has 7 heteroatoms. The van der Waals surface area contributed by atoms with Crippen molar-refractivity contribution in [2.75, 3.05) is 11.3 Å². The molecule has 4 rings (SSSR count). The molecule has 0 bridgehead atoms. The molecule has 32 heavy (non-hydrogen) atoms. The summed E-state index contributed by atoms with van der Waals surface area (Å²) in [6.45, 7) is 2.36. The van der Waals surface area contributed by atoms with Crippen molar-refractivity contribution in [3.8, 4) is 5.75 Å². The molecule has 0 saturated carbocycles. The lowest BCUT2D eigenvalue weighted by molar-refractivity contribution is 0.0933. The molecule has 3 aromatic rings. The number of nitrogens with one attached hydrogen (secondary N) is 2. The average molecular weight is 451 g/mol. The third kappa shape index (κ3) is 4.78. The van der Waals surface area contributed by atoms with Gasteiger partial charge in [-0.15, -0.1) is 0 Å². The van der Waals surface area contributed by atoms with Crippen molar-refractivity contribution >= 4 is 21.6 Å². The van der Waals surface area contributed by atoms with E-state index in [9.17, 15) is 13.2 Å². The summed E-state index contributed by atoms with van der Waals surface area (Å²) >= 11 is 0. The van der Waals surface area contributed by atoms with E-state index in [2.05, 4.69) is 16.1 Å². The number of fused-ring (bicyclic) bond motifs is 1. The molecule has 1 atom stereocenters. The molecule has 0 aliphatic heterocycles. The quantitative estimate of drug-likeness (QED) is 0.547. The second-order valence-corrected chi connectivity index (χ2v) is 9.35. The summed E-state index contributed by atoms with van der Waals surface area (Å²) in [5.74, 6) is 0.288. The number of aryl methyl sites for hydroxylation is 1. The van der Waals surface area contributed by atoms with E-state index in [4.69, 9.17) is 4.74 Å². The van der Waals surface area contributed by atoms with Crippen molar-refractivity contribution in [3.05, 3.63) is 89.5 Å². The van der Waals surface area contributed by atoms with Crippen LogP contribution in [0.3, 0.4) is 0 Å². The maximum atomic E-state index is 13.1. The van der Waals surface area contributed by atoms with Gasteiger partial charge in [-0.1, -0.05) is 36.4 Å². The van der Waals surface area contributed by atoms with E-state index in [1.54, 1.807) is 36.4 Å². The number of ether oxygens (including phenoxy) is 1. The lowest BCUT2D eigenvalue weighted by Gasteiger charge is -2.26. The van der Waals surface area contributed by atoms with Gasteiger partial charge in [0.25, 0.3) is 15.9 Å². The van der Waals surface area contributed by atoms with E-state index in [0.29, 0.717) is 12.4 Å². The van der Waals surface area contributed by atoms with E-state index in [0.717, 1.165) is 24.8 Å². The van der Waals surface area contributed by atoms with Crippen LogP contribution in [0.5, 0.6) is 5.75 Å². The van der Waals surface area contributed by atoms with Gasteiger partial charge >= 0.3 is 0 Å². The molecule has 3 aromatic carbocycles. The van der Waals surface area contributed by atoms with Crippen molar-refractivity contribution in [1.29, 1.82) is 0 Å². The monoisotopic (exact) mass is 450 g/mol. The van der Waals surface area contributed by atoms with Crippen LogP contribution >= 0.6 is 0 Å². The van der Waals surface area contributed by atoms with E-state index in [1.807, 2.05) is 25.1 Å². The lowest BCUT2D eigenvalue weighted by Crippen LogP contribution is -2.31. The molecule has 0 spiro atoms. The Labute approximate surface area is 188 Å². The maximum Gasteiger partial charge on any atom is 0.261 e. The molecule has 1 aliphatic carbocycles. The Bertz CT molecular complexity index is 1210. The minimum Gasteiger partial charge on any atom is -0.494 e. The highest BCUT2D eigenvalue weighted by molar-refractivity contribution is 7.92. The molecule has 0 aromatic heterocycles. The van der Waals surface area contributed by atoms with Crippen molar-refractivity contribution in [2.45, 2.75) is 37.1 Å². The first-order valence-corrected chi connectivity index (χ1v) is 12.2. The number of benzene rings is 3. The molecule has 6 nitrogen and oxygen atoms in total. The Kier molecular flexibility index (Phi) is 6.46. The molecule has 0 heterocycles. The third-order valence-electron chi connectivity index (χ3n) is 5.54. The highest BCUT2D eigenvalue weighted by atomic mass is 32.2. The van der Waals surface area contributed by atoms with Crippen LogP contribution in [0.1, 0.15) is 47.3 Å². The summed E-state index contributed by atoms with van der Waals surface area (Å²) in [7, 11) is -3.87. The van der Waals surface area contributed by atoms with E-state index in [1.165, 1.54) is 17.7 Å². The van der Waals surface area contributed by atoms with Crippen LogP contribution < -0.4 is 14.8 Å². The zero-order chi connectivity index (χ0) is 22.6. The zero-order valence-electron chi connectivity index (χ0n) is 17.9. The van der Waals surface area contributed by atoms with Gasteiger partial charge in [-0.05, 0) is 73.7 Å². The van der Waals surface area contributed by atoms with Crippen LogP contribution in [0.15, 0.2) is 77.7 Å². The number of para-hydroxylation sites is 1. The summed E-state index contributed by atoms with van der Waals surface area (Å²) in [5.41, 5.74) is 2.89. The largest absolute Gasteiger partial charge is 0.494 e. The highest BCUT2D eigenvalue weighted by Gasteiger charge is 2.24. The first-order valence-electron chi connectivity index (χ1n) is 10.7. The predicted molar refractivity (Wildman–Crippen MR) is 124 cm³/mol. The Morgan fingerprint density at radius 1 is 1.00 bits per heavy atom. The second-order valence-electron chi connectivity index (χ2n) is 7.67. The number of amides is 1. The van der Waals surface area contributed by atoms with Crippen LogP contribution in [0, 0.1) is 0 Å². The normalized spacial score (nSPS) is 15.5. The smallest absolute Gasteiger partial charge is 0.261 e. The molecule has 1 amide bonds. The standard InChI is InChI=1S/C25H26N2O4S/c1-2-31-19-14-16-20(17-15-19)32(29,30)27-24-12-6-5-11-22(24)25(28)26-23-13-7-9-18-8-3-4-10-21(18)23/h3-6,8,10-12,14-17,23,27H,2,7,9,13H2,1H3,(H,26,28). The average Bonchev–Trinajstić information content (AvgIpc) is 2.80. The minimum atomic E-state index is -3.87. The fourth-order valence-corrected chi connectivity index (χ4v) is 5.08. The van der Waals surface area contributed by atoms with Gasteiger partial charge < -0.3 is 10.1 Å². The third-order valence-corrected chi connectivity index (χ3v) is 6.92. The van der Waals surface area contributed by atoms with Gasteiger partial charge in [-0.25, -0.2) is 8.42 Å². The Morgan fingerprint density at radius 3 is 2.50 bits per heavy atom. The Morgan fingerprint density at radius 2 is 1.72 bits per heavy atom. The number of sulfonamides is 1. The summed E-state index contributed by atoms with van der Waals surface area (Å²) in [5, 5.41) is 3.09. The summed E-state index contributed by atoms with van der Waals surface area (Å²) in [6, 6.07) is 20.8. The molecular weight excluding hydrogens is 424 g/mol. The first kappa shape index (κ1) is 21.9. The van der Waals surface area contributed by atoms with Crippen molar-refractivity contribution < 1.29 is 17.9 Å². The van der Waals surface area contributed by atoms with Gasteiger partial charge in [-0.3, -0.25) is 9.52 Å². The van der Waals surface area contributed by atoms with Crippen molar-refractivity contribution in [2.24, 2.45) is 0 Å². The number of rotatable bonds is 7. The van der Waals surface area contributed by atoms with Crippen LogP contribution in [0.2, 0.25) is 0 Å². The Balaban J connectivity index is 1.55. The van der Waals surface area contributed by atoms with Crippen LogP contribution in [-0.4, -0.2) is 20.9 Å². The van der Waals surface area contributed by atoms with Gasteiger partial charge in [0.1, 0.15) is 5.75 Å². The predicted octanol–water partition coefficient (Wildman–Crippen LogP) is 4.69. The van der Waals surface area contributed by atoms with E-state index >= 15 is 0 Å². The fraction of sp³-hybridized carbons (Fsp3) is 0.240. The van der Waals surface area contributed by atoms with Crippen molar-refractivity contribution in [1.82, 2.24) is 5.32 Å². The van der Waals surface area contributed by atoms with Crippen LogP contribution in [-0.2, 0) is 16.4 Å². The molecule has 1 unspecified atom stereocenters. The fourth-order valence-electron chi connectivity index (χ4n) is 4.00. The molecular formula is C25H26N2O4S. The number of carbonyl (C=O) groups excluding carboxylic acids is 1. The van der Waals surface area contributed by atoms with E-state index in [-0.39, 0.29) is 28.1 Å². The van der Waals surface area contributed by atoms with Gasteiger partial charge in [0, 0.05) is 0 Å². The van der Waals surface area contributed by atoms with Gasteiger partial charge in [0.05, 0.1) is 28.8 Å². The van der Waals surface area contributed by atoms with Crippen LogP contribution in [0.25, 0.3) is 0 Å². The van der Waals surface area contributed by atoms with Gasteiger partial charge in [-0.2, -0.15) is 0 Å². The maximum absolute atomic E-state index is 13.1. The molecule has 0 radical (unpaired) electrons. The van der Waals surface area contributed by atoms with Crippen molar-refractivity contribution in [3.63, 3.8) is 0 Å². The topological polar surface area (TPSA) is 84.5 Å². The summed E-state index contributed by atoms with van der Waals surface area (Å²) in [4.78, 5) is 13.2. The zero-order valence-corrected chi connectivity index (χ0v) is 18.7. The molecule has 1 aliphatic rings. The molecule has 0 saturated heterocycles. The molecule has 0 fully saturated rings. The number of hydrogen-bond acceptors (Lipinski definition) is 4. The number of carbonyl (C=O) groups is 1. The summed E-state index contributed by atoms with van der Waals surface area (Å²) < 4.78 is 33.8. The molecule has 166 valence electrons. The molecule has 2 N–H and O–H groups in total. The number of anilines is 1. The first-order chi connectivity index (χ1) is 15.5. The highest BCUT2D eigenvalue weighted by Crippen LogP contribution is 2.30. The SMILES string of the molecule is CCOc1ccc(S(=O)(=O)Nc2ccccc2C(=O)NC2CCCc3ccccc32)cc1.